The van der Waals surface area contributed by atoms with Crippen molar-refractivity contribution < 1.29 is 4.42 Å². The van der Waals surface area contributed by atoms with Crippen molar-refractivity contribution in [3.8, 4) is 0 Å². The molecule has 3 rings (SSSR count). The molecule has 0 amide bonds. The van der Waals surface area contributed by atoms with Crippen molar-refractivity contribution in [3.63, 3.8) is 0 Å². The van der Waals surface area contributed by atoms with Gasteiger partial charge < -0.3 is 4.42 Å². The topological polar surface area (TPSA) is 46.0 Å². The second-order valence-corrected chi connectivity index (χ2v) is 5.93. The lowest BCUT2D eigenvalue weighted by molar-refractivity contribution is 0.555. The number of alkyl halides is 1. The van der Waals surface area contributed by atoms with E-state index in [9.17, 15) is 4.79 Å². The Morgan fingerprint density at radius 2 is 1.90 bits per heavy atom. The predicted octanol–water partition coefficient (Wildman–Crippen LogP) is 4.52. The van der Waals surface area contributed by atoms with Gasteiger partial charge in [-0.3, -0.25) is 4.98 Å². The fourth-order valence-corrected chi connectivity index (χ4v) is 2.75. The van der Waals surface area contributed by atoms with Crippen LogP contribution in [0.4, 0.5) is 0 Å². The number of halogens is 2. The van der Waals surface area contributed by atoms with Crippen molar-refractivity contribution in [1.82, 2.24) is 4.98 Å². The molecule has 0 fully saturated rings. The van der Waals surface area contributed by atoms with Crippen LogP contribution in [0.15, 0.2) is 50.1 Å². The second-order valence-electron chi connectivity index (χ2n) is 4.64. The number of fused-ring (bicyclic) bond motifs is 1. The summed E-state index contributed by atoms with van der Waals surface area (Å²) in [6.07, 6.45) is 0. The summed E-state index contributed by atoms with van der Waals surface area (Å²) in [5.74, 6) is -0.457. The number of benzene rings is 2. The summed E-state index contributed by atoms with van der Waals surface area (Å²) in [5, 5.41) is -0.295. The van der Waals surface area contributed by atoms with E-state index in [1.165, 1.54) is 0 Å². The van der Waals surface area contributed by atoms with Gasteiger partial charge in [0.1, 0.15) is 0 Å². The third-order valence-electron chi connectivity index (χ3n) is 3.23. The van der Waals surface area contributed by atoms with Gasteiger partial charge in [0.05, 0.1) is 10.9 Å². The standard InChI is InChI=1S/C15H11BrClNO2/c1-8-2-3-9(6-11(8)16)14(17)10-4-5-12-13(7-10)20-15(19)18-12/h2-7,14H,1H3,(H,18,19). The lowest BCUT2D eigenvalue weighted by Gasteiger charge is -2.11. The molecule has 1 unspecified atom stereocenters. The lowest BCUT2D eigenvalue weighted by atomic mass is 10.0. The molecule has 0 saturated carbocycles. The normalized spacial score (nSPS) is 12.8. The van der Waals surface area contributed by atoms with E-state index in [1.54, 1.807) is 12.1 Å². The van der Waals surface area contributed by atoms with Crippen LogP contribution in [0.3, 0.4) is 0 Å². The Morgan fingerprint density at radius 3 is 2.65 bits per heavy atom. The first-order valence-corrected chi connectivity index (χ1v) is 7.30. The molecule has 102 valence electrons. The van der Waals surface area contributed by atoms with Gasteiger partial charge in [-0.15, -0.1) is 11.6 Å². The molecule has 0 aliphatic heterocycles. The summed E-state index contributed by atoms with van der Waals surface area (Å²) in [7, 11) is 0. The first kappa shape index (κ1) is 13.5. The van der Waals surface area contributed by atoms with Crippen LogP contribution in [-0.2, 0) is 0 Å². The van der Waals surface area contributed by atoms with Crippen LogP contribution in [-0.4, -0.2) is 4.98 Å². The van der Waals surface area contributed by atoms with Gasteiger partial charge in [-0.2, -0.15) is 0 Å². The smallest absolute Gasteiger partial charge is 0.408 e. The molecule has 0 bridgehead atoms. The van der Waals surface area contributed by atoms with Crippen LogP contribution < -0.4 is 5.76 Å². The molecule has 3 aromatic rings. The molecule has 20 heavy (non-hydrogen) atoms. The minimum absolute atomic E-state index is 0.295. The number of nitrogens with one attached hydrogen (secondary N) is 1. The number of rotatable bonds is 2. The van der Waals surface area contributed by atoms with Crippen LogP contribution in [0.5, 0.6) is 0 Å². The third kappa shape index (κ3) is 2.41. The van der Waals surface area contributed by atoms with Gasteiger partial charge in [0.2, 0.25) is 0 Å². The molecule has 0 saturated heterocycles. The third-order valence-corrected chi connectivity index (χ3v) is 4.58. The van der Waals surface area contributed by atoms with E-state index in [4.69, 9.17) is 16.0 Å². The van der Waals surface area contributed by atoms with Crippen molar-refractivity contribution in [2.45, 2.75) is 12.3 Å². The summed E-state index contributed by atoms with van der Waals surface area (Å²) in [6.45, 7) is 2.03. The zero-order valence-electron chi connectivity index (χ0n) is 10.6. The number of aryl methyl sites for hydroxylation is 1. The van der Waals surface area contributed by atoms with Crippen molar-refractivity contribution >= 4 is 38.6 Å². The van der Waals surface area contributed by atoms with Gasteiger partial charge in [-0.25, -0.2) is 4.79 Å². The molecule has 0 radical (unpaired) electrons. The van der Waals surface area contributed by atoms with Gasteiger partial charge in [0.25, 0.3) is 0 Å². The van der Waals surface area contributed by atoms with E-state index >= 15 is 0 Å². The van der Waals surface area contributed by atoms with Crippen LogP contribution in [0.25, 0.3) is 11.1 Å². The molecule has 1 heterocycles. The summed E-state index contributed by atoms with van der Waals surface area (Å²) >= 11 is 10.0. The molecule has 1 N–H and O–H groups in total. The van der Waals surface area contributed by atoms with Crippen LogP contribution >= 0.6 is 27.5 Å². The van der Waals surface area contributed by atoms with Gasteiger partial charge in [-0.1, -0.05) is 34.1 Å². The lowest BCUT2D eigenvalue weighted by Crippen LogP contribution is -1.94. The van der Waals surface area contributed by atoms with E-state index in [2.05, 4.69) is 20.9 Å². The summed E-state index contributed by atoms with van der Waals surface area (Å²) < 4.78 is 6.08. The molecule has 3 nitrogen and oxygen atoms in total. The van der Waals surface area contributed by atoms with Crippen molar-refractivity contribution in [1.29, 1.82) is 0 Å². The maximum Gasteiger partial charge on any atom is 0.417 e. The molecule has 0 aliphatic carbocycles. The second kappa shape index (κ2) is 5.11. The first-order chi connectivity index (χ1) is 9.54. The quantitative estimate of drug-likeness (QED) is 0.689. The van der Waals surface area contributed by atoms with Gasteiger partial charge in [0, 0.05) is 4.47 Å². The summed E-state index contributed by atoms with van der Waals surface area (Å²) in [4.78, 5) is 13.8. The molecular formula is C15H11BrClNO2. The van der Waals surface area contributed by atoms with E-state index in [-0.39, 0.29) is 5.38 Å². The van der Waals surface area contributed by atoms with Crippen LogP contribution in [0.2, 0.25) is 0 Å². The summed E-state index contributed by atoms with van der Waals surface area (Å²) in [5.41, 5.74) is 4.22. The fraction of sp³-hybridized carbons (Fsp3) is 0.133. The molecule has 1 atom stereocenters. The van der Waals surface area contributed by atoms with Gasteiger partial charge in [0.15, 0.2) is 5.58 Å². The largest absolute Gasteiger partial charge is 0.417 e. The monoisotopic (exact) mass is 351 g/mol. The molecule has 0 aliphatic rings. The summed E-state index contributed by atoms with van der Waals surface area (Å²) in [6, 6.07) is 11.5. The molecule has 5 heteroatoms. The first-order valence-electron chi connectivity index (χ1n) is 6.07. The number of oxazole rings is 1. The van der Waals surface area contributed by atoms with E-state index in [0.717, 1.165) is 21.2 Å². The van der Waals surface area contributed by atoms with Crippen molar-refractivity contribution in [2.75, 3.05) is 0 Å². The highest BCUT2D eigenvalue weighted by Gasteiger charge is 2.13. The molecule has 0 spiro atoms. The number of aromatic amines is 1. The maximum atomic E-state index is 11.2. The van der Waals surface area contributed by atoms with Gasteiger partial charge in [-0.05, 0) is 41.8 Å². The van der Waals surface area contributed by atoms with Crippen molar-refractivity contribution in [3.05, 3.63) is 68.1 Å². The van der Waals surface area contributed by atoms with Gasteiger partial charge >= 0.3 is 5.76 Å². The van der Waals surface area contributed by atoms with Crippen LogP contribution in [0, 0.1) is 6.92 Å². The SMILES string of the molecule is Cc1ccc(C(Cl)c2ccc3[nH]c(=O)oc3c2)cc1Br. The number of hydrogen-bond donors (Lipinski definition) is 1. The van der Waals surface area contributed by atoms with Crippen molar-refractivity contribution in [2.24, 2.45) is 0 Å². The Kier molecular flexibility index (Phi) is 3.44. The average Bonchev–Trinajstić information content (AvgIpc) is 2.80. The Morgan fingerprint density at radius 1 is 1.20 bits per heavy atom. The Balaban J connectivity index is 2.04. The number of hydrogen-bond acceptors (Lipinski definition) is 2. The Hall–Kier alpha value is -1.52. The molecular weight excluding hydrogens is 342 g/mol. The fourth-order valence-electron chi connectivity index (χ4n) is 2.08. The maximum absolute atomic E-state index is 11.2. The highest BCUT2D eigenvalue weighted by Crippen LogP contribution is 2.32. The van der Waals surface area contributed by atoms with E-state index in [1.807, 2.05) is 31.2 Å². The molecule has 2 aromatic carbocycles. The Labute approximate surface area is 128 Å². The number of H-pyrrole nitrogens is 1. The minimum atomic E-state index is -0.457. The van der Waals surface area contributed by atoms with Crippen LogP contribution in [0.1, 0.15) is 22.1 Å². The predicted molar refractivity (Wildman–Crippen MR) is 83.4 cm³/mol. The van der Waals surface area contributed by atoms with E-state index in [0.29, 0.717) is 11.1 Å². The highest BCUT2D eigenvalue weighted by atomic mass is 79.9. The molecule has 1 aromatic heterocycles. The highest BCUT2D eigenvalue weighted by molar-refractivity contribution is 9.10. The zero-order chi connectivity index (χ0) is 14.3. The zero-order valence-corrected chi connectivity index (χ0v) is 13.0. The minimum Gasteiger partial charge on any atom is -0.408 e. The number of aromatic nitrogens is 1. The average molecular weight is 353 g/mol. The Bertz CT molecular complexity index is 837. The van der Waals surface area contributed by atoms with E-state index < -0.39 is 5.76 Å².